The second kappa shape index (κ2) is 9.20. The molecule has 34 heavy (non-hydrogen) atoms. The number of benzene rings is 3. The van der Waals surface area contributed by atoms with E-state index < -0.39 is 0 Å². The summed E-state index contributed by atoms with van der Waals surface area (Å²) in [6.07, 6.45) is 4.25. The summed E-state index contributed by atoms with van der Waals surface area (Å²) < 4.78 is 14.0. The molecular weight excluding hydrogens is 448 g/mol. The summed E-state index contributed by atoms with van der Waals surface area (Å²) in [6, 6.07) is 21.0. The van der Waals surface area contributed by atoms with Crippen molar-refractivity contribution < 1.29 is 9.15 Å². The standard InChI is InChI=1S/C28H23ClN2O3/c1-3-19-13-23-26(14-25(19)33-17-20-9-7-8-12-24(20)29)34-18(2)27(28(23)32)21-15-30-31(16-21)22-10-5-4-6-11-22/h4-16H,3,17H2,1-2H3. The molecule has 0 saturated carbocycles. The number of hydrogen-bond acceptors (Lipinski definition) is 4. The van der Waals surface area contributed by atoms with Gasteiger partial charge in [0.05, 0.1) is 22.8 Å². The van der Waals surface area contributed by atoms with Gasteiger partial charge in [0, 0.05) is 28.4 Å². The highest BCUT2D eigenvalue weighted by Crippen LogP contribution is 2.30. The van der Waals surface area contributed by atoms with Crippen LogP contribution < -0.4 is 10.2 Å². The van der Waals surface area contributed by atoms with Crippen molar-refractivity contribution in [3.63, 3.8) is 0 Å². The Morgan fingerprint density at radius 3 is 2.56 bits per heavy atom. The molecule has 2 aromatic heterocycles. The van der Waals surface area contributed by atoms with Gasteiger partial charge in [0.2, 0.25) is 5.43 Å². The highest BCUT2D eigenvalue weighted by molar-refractivity contribution is 6.31. The number of aromatic nitrogens is 2. The molecule has 6 heteroatoms. The maximum atomic E-state index is 13.5. The van der Waals surface area contributed by atoms with Gasteiger partial charge in [0.25, 0.3) is 0 Å². The summed E-state index contributed by atoms with van der Waals surface area (Å²) in [7, 11) is 0. The molecule has 5 aromatic rings. The van der Waals surface area contributed by atoms with Crippen molar-refractivity contribution in [1.29, 1.82) is 0 Å². The van der Waals surface area contributed by atoms with Crippen LogP contribution in [0.4, 0.5) is 0 Å². The number of rotatable bonds is 6. The van der Waals surface area contributed by atoms with E-state index in [0.717, 1.165) is 16.8 Å². The number of hydrogen-bond donors (Lipinski definition) is 0. The first-order valence-electron chi connectivity index (χ1n) is 11.1. The average Bonchev–Trinajstić information content (AvgIpc) is 3.33. The van der Waals surface area contributed by atoms with Gasteiger partial charge in [-0.15, -0.1) is 0 Å². The molecule has 0 saturated heterocycles. The summed E-state index contributed by atoms with van der Waals surface area (Å²) in [5.74, 6) is 1.22. The third-order valence-corrected chi connectivity index (χ3v) is 6.23. The van der Waals surface area contributed by atoms with Gasteiger partial charge >= 0.3 is 0 Å². The van der Waals surface area contributed by atoms with Gasteiger partial charge in [-0.3, -0.25) is 4.79 Å². The predicted molar refractivity (Wildman–Crippen MR) is 135 cm³/mol. The molecule has 0 radical (unpaired) electrons. The molecule has 5 nitrogen and oxygen atoms in total. The maximum Gasteiger partial charge on any atom is 0.200 e. The van der Waals surface area contributed by atoms with E-state index in [1.165, 1.54) is 0 Å². The minimum Gasteiger partial charge on any atom is -0.488 e. The molecule has 2 heterocycles. The third-order valence-electron chi connectivity index (χ3n) is 5.86. The quantitative estimate of drug-likeness (QED) is 0.275. The van der Waals surface area contributed by atoms with Crippen LogP contribution in [0.1, 0.15) is 23.8 Å². The van der Waals surface area contributed by atoms with Gasteiger partial charge in [0.1, 0.15) is 23.7 Å². The normalized spacial score (nSPS) is 11.1. The maximum absolute atomic E-state index is 13.5. The van der Waals surface area contributed by atoms with Crippen molar-refractivity contribution in [1.82, 2.24) is 9.78 Å². The first kappa shape index (κ1) is 22.0. The molecule has 0 spiro atoms. The minimum absolute atomic E-state index is 0.0845. The van der Waals surface area contributed by atoms with E-state index in [0.29, 0.717) is 51.7 Å². The van der Waals surface area contributed by atoms with E-state index in [1.807, 2.05) is 73.8 Å². The smallest absolute Gasteiger partial charge is 0.200 e. The fourth-order valence-electron chi connectivity index (χ4n) is 4.07. The zero-order valence-electron chi connectivity index (χ0n) is 18.9. The Hall–Kier alpha value is -3.83. The van der Waals surface area contributed by atoms with Gasteiger partial charge in [-0.2, -0.15) is 5.10 Å². The second-order valence-electron chi connectivity index (χ2n) is 8.06. The van der Waals surface area contributed by atoms with E-state index in [2.05, 4.69) is 5.10 Å². The van der Waals surface area contributed by atoms with Crippen molar-refractivity contribution in [2.24, 2.45) is 0 Å². The Kier molecular flexibility index (Phi) is 5.95. The van der Waals surface area contributed by atoms with Gasteiger partial charge in [-0.25, -0.2) is 4.68 Å². The van der Waals surface area contributed by atoms with Crippen LogP contribution in [0.25, 0.3) is 27.8 Å². The molecule has 5 rings (SSSR count). The molecule has 0 fully saturated rings. The number of fused-ring (bicyclic) bond motifs is 1. The molecular formula is C28H23ClN2O3. The number of para-hydroxylation sites is 1. The number of nitrogens with zero attached hydrogens (tertiary/aromatic N) is 2. The monoisotopic (exact) mass is 470 g/mol. The Balaban J connectivity index is 1.54. The van der Waals surface area contributed by atoms with Crippen LogP contribution in [0.5, 0.6) is 5.75 Å². The Bertz CT molecular complexity index is 1540. The molecule has 0 N–H and O–H groups in total. The van der Waals surface area contributed by atoms with Crippen molar-refractivity contribution >= 4 is 22.6 Å². The molecule has 0 atom stereocenters. The predicted octanol–water partition coefficient (Wildman–Crippen LogP) is 6.75. The number of ether oxygens (including phenoxy) is 1. The van der Waals surface area contributed by atoms with Crippen molar-refractivity contribution in [3.8, 4) is 22.6 Å². The second-order valence-corrected chi connectivity index (χ2v) is 8.47. The van der Waals surface area contributed by atoms with Crippen LogP contribution in [-0.4, -0.2) is 9.78 Å². The van der Waals surface area contributed by atoms with Crippen molar-refractivity contribution in [2.75, 3.05) is 0 Å². The lowest BCUT2D eigenvalue weighted by molar-refractivity contribution is 0.303. The summed E-state index contributed by atoms with van der Waals surface area (Å²) in [5, 5.41) is 5.62. The lowest BCUT2D eigenvalue weighted by Gasteiger charge is -2.13. The Morgan fingerprint density at radius 1 is 1.03 bits per heavy atom. The van der Waals surface area contributed by atoms with Crippen LogP contribution in [0, 0.1) is 6.92 Å². The zero-order valence-corrected chi connectivity index (χ0v) is 19.7. The van der Waals surface area contributed by atoms with Gasteiger partial charge in [-0.05, 0) is 43.2 Å². The van der Waals surface area contributed by atoms with Crippen molar-refractivity contribution in [3.05, 3.63) is 111 Å². The Morgan fingerprint density at radius 2 is 1.79 bits per heavy atom. The van der Waals surface area contributed by atoms with Crippen LogP contribution in [-0.2, 0) is 13.0 Å². The third kappa shape index (κ3) is 4.11. The molecule has 0 aliphatic heterocycles. The van der Waals surface area contributed by atoms with E-state index in [9.17, 15) is 4.79 Å². The highest BCUT2D eigenvalue weighted by atomic mass is 35.5. The van der Waals surface area contributed by atoms with E-state index >= 15 is 0 Å². The van der Waals surface area contributed by atoms with E-state index in [-0.39, 0.29) is 5.43 Å². The SMILES string of the molecule is CCc1cc2c(=O)c(-c3cnn(-c4ccccc4)c3)c(C)oc2cc1OCc1ccccc1Cl. The lowest BCUT2D eigenvalue weighted by Crippen LogP contribution is -2.08. The molecule has 0 aliphatic rings. The van der Waals surface area contributed by atoms with Gasteiger partial charge < -0.3 is 9.15 Å². The molecule has 0 bridgehead atoms. The van der Waals surface area contributed by atoms with Gasteiger partial charge in [-0.1, -0.05) is 54.9 Å². The van der Waals surface area contributed by atoms with Gasteiger partial charge in [0.15, 0.2) is 0 Å². The summed E-state index contributed by atoms with van der Waals surface area (Å²) in [4.78, 5) is 13.5. The number of aryl methyl sites for hydroxylation is 2. The largest absolute Gasteiger partial charge is 0.488 e. The topological polar surface area (TPSA) is 57.3 Å². The first-order valence-corrected chi connectivity index (χ1v) is 11.5. The van der Waals surface area contributed by atoms with E-state index in [4.69, 9.17) is 20.8 Å². The fourth-order valence-corrected chi connectivity index (χ4v) is 4.26. The first-order chi connectivity index (χ1) is 16.5. The summed E-state index contributed by atoms with van der Waals surface area (Å²) >= 11 is 6.27. The highest BCUT2D eigenvalue weighted by Gasteiger charge is 2.18. The Labute approximate surface area is 202 Å². The molecule has 170 valence electrons. The fraction of sp³-hybridized carbons (Fsp3) is 0.143. The van der Waals surface area contributed by atoms with Crippen LogP contribution >= 0.6 is 11.6 Å². The van der Waals surface area contributed by atoms with Crippen LogP contribution in [0.2, 0.25) is 5.02 Å². The zero-order chi connectivity index (χ0) is 23.7. The molecule has 0 amide bonds. The molecule has 0 aliphatic carbocycles. The average molecular weight is 471 g/mol. The van der Waals surface area contributed by atoms with Crippen LogP contribution in [0.15, 0.2) is 88.3 Å². The van der Waals surface area contributed by atoms with Crippen LogP contribution in [0.3, 0.4) is 0 Å². The molecule has 3 aromatic carbocycles. The van der Waals surface area contributed by atoms with E-state index in [1.54, 1.807) is 23.9 Å². The summed E-state index contributed by atoms with van der Waals surface area (Å²) in [5.41, 5.74) is 4.39. The summed E-state index contributed by atoms with van der Waals surface area (Å²) in [6.45, 7) is 4.16. The lowest BCUT2D eigenvalue weighted by atomic mass is 10.0. The minimum atomic E-state index is -0.0845. The van der Waals surface area contributed by atoms with Crippen molar-refractivity contribution in [2.45, 2.75) is 26.9 Å². The number of halogens is 1. The molecule has 0 unspecified atom stereocenters.